The number of hydrogen-bond donors (Lipinski definition) is 0. The number of aryl methyl sites for hydroxylation is 1. The molecule has 0 aliphatic heterocycles. The minimum absolute atomic E-state index is 0.200. The molecule has 4 heteroatoms. The molecule has 1 atom stereocenters. The summed E-state index contributed by atoms with van der Waals surface area (Å²) in [5.74, 6) is -0.281. The molecule has 0 saturated heterocycles. The minimum atomic E-state index is -0.622. The van der Waals surface area contributed by atoms with E-state index in [9.17, 15) is 4.79 Å². The molecule has 0 fully saturated rings. The minimum Gasteiger partial charge on any atom is -0.454 e. The first-order valence-electron chi connectivity index (χ1n) is 3.76. The van der Waals surface area contributed by atoms with E-state index in [-0.39, 0.29) is 5.78 Å². The summed E-state index contributed by atoms with van der Waals surface area (Å²) in [6.07, 6.45) is 0. The number of nitrogens with zero attached hydrogens (tertiary/aromatic N) is 1. The fraction of sp³-hybridized carbons (Fsp3) is 0.333. The second-order valence-electron chi connectivity index (χ2n) is 2.74. The first-order chi connectivity index (χ1) is 6.06. The molecule has 0 radical (unpaired) electrons. The molecule has 1 aromatic rings. The van der Waals surface area contributed by atoms with Gasteiger partial charge in [-0.25, -0.2) is 0 Å². The van der Waals surface area contributed by atoms with Gasteiger partial charge in [0.2, 0.25) is 0 Å². The number of rotatable bonds is 2. The second kappa shape index (κ2) is 3.75. The Hall–Kier alpha value is -1.08. The van der Waals surface area contributed by atoms with Gasteiger partial charge in [-0.15, -0.1) is 0 Å². The molecule has 0 amide bonds. The maximum atomic E-state index is 11.5. The highest BCUT2D eigenvalue weighted by Crippen LogP contribution is 2.21. The van der Waals surface area contributed by atoms with Crippen LogP contribution in [-0.4, -0.2) is 5.78 Å². The predicted octanol–water partition coefficient (Wildman–Crippen LogP) is 2.69. The molecule has 0 N–H and O–H groups in total. The largest absolute Gasteiger partial charge is 0.454 e. The number of nitriles is 1. The summed E-state index contributed by atoms with van der Waals surface area (Å²) < 4.78 is 5.63. The molecule has 3 nitrogen and oxygen atoms in total. The maximum Gasteiger partial charge on any atom is 0.183 e. The van der Waals surface area contributed by atoms with E-state index in [1.165, 1.54) is 0 Å². The number of furan rings is 1. The summed E-state index contributed by atoms with van der Waals surface area (Å²) in [5.41, 5.74) is 0.473. The molecule has 0 bridgehead atoms. The monoisotopic (exact) mass is 241 g/mol. The van der Waals surface area contributed by atoms with Crippen LogP contribution in [0.2, 0.25) is 0 Å². The Morgan fingerprint density at radius 1 is 1.77 bits per heavy atom. The van der Waals surface area contributed by atoms with Gasteiger partial charge in [-0.05, 0) is 29.8 Å². The third kappa shape index (κ3) is 1.99. The fourth-order valence-corrected chi connectivity index (χ4v) is 1.45. The number of Topliss-reactive ketones (excluding diaryl/α,β-unsaturated/α-hetero) is 1. The van der Waals surface area contributed by atoms with Gasteiger partial charge in [0.1, 0.15) is 11.7 Å². The molecule has 0 aliphatic rings. The van der Waals surface area contributed by atoms with Crippen molar-refractivity contribution in [3.63, 3.8) is 0 Å². The first kappa shape index (κ1) is 10.0. The molecule has 0 saturated carbocycles. The van der Waals surface area contributed by atoms with Gasteiger partial charge >= 0.3 is 0 Å². The summed E-state index contributed by atoms with van der Waals surface area (Å²) >= 11 is 3.12. The smallest absolute Gasteiger partial charge is 0.183 e. The number of ketones is 1. The Bertz CT molecular complexity index is 375. The summed E-state index contributed by atoms with van der Waals surface area (Å²) in [7, 11) is 0. The van der Waals surface area contributed by atoms with Crippen molar-refractivity contribution in [3.8, 4) is 6.07 Å². The van der Waals surface area contributed by atoms with E-state index < -0.39 is 5.92 Å². The summed E-state index contributed by atoms with van der Waals surface area (Å²) in [6.45, 7) is 3.27. The fourth-order valence-electron chi connectivity index (χ4n) is 0.982. The molecular weight excluding hydrogens is 234 g/mol. The van der Waals surface area contributed by atoms with Crippen LogP contribution in [0.3, 0.4) is 0 Å². The van der Waals surface area contributed by atoms with Gasteiger partial charge < -0.3 is 4.42 Å². The van der Waals surface area contributed by atoms with E-state index in [2.05, 4.69) is 15.9 Å². The third-order valence-corrected chi connectivity index (χ3v) is 2.13. The van der Waals surface area contributed by atoms with E-state index in [0.29, 0.717) is 16.0 Å². The predicted molar refractivity (Wildman–Crippen MR) is 50.3 cm³/mol. The van der Waals surface area contributed by atoms with Gasteiger partial charge in [-0.2, -0.15) is 5.26 Å². The van der Waals surface area contributed by atoms with Gasteiger partial charge in [0.25, 0.3) is 0 Å². The van der Waals surface area contributed by atoms with Gasteiger partial charge in [0.15, 0.2) is 10.5 Å². The zero-order valence-electron chi connectivity index (χ0n) is 7.30. The van der Waals surface area contributed by atoms with E-state index in [0.717, 1.165) is 0 Å². The number of hydrogen-bond acceptors (Lipinski definition) is 3. The van der Waals surface area contributed by atoms with Crippen LogP contribution in [0.1, 0.15) is 23.0 Å². The summed E-state index contributed by atoms with van der Waals surface area (Å²) in [5, 5.41) is 8.55. The molecule has 1 unspecified atom stereocenters. The lowest BCUT2D eigenvalue weighted by Crippen LogP contribution is -2.08. The molecule has 13 heavy (non-hydrogen) atoms. The van der Waals surface area contributed by atoms with Crippen LogP contribution in [0, 0.1) is 24.2 Å². The van der Waals surface area contributed by atoms with Crippen LogP contribution in [0.15, 0.2) is 15.2 Å². The van der Waals surface area contributed by atoms with E-state index >= 15 is 0 Å². The van der Waals surface area contributed by atoms with Crippen LogP contribution in [0.4, 0.5) is 0 Å². The number of carbonyl (C=O) groups excluding carboxylic acids is 1. The van der Waals surface area contributed by atoms with Crippen LogP contribution in [0.5, 0.6) is 0 Å². The maximum absolute atomic E-state index is 11.5. The van der Waals surface area contributed by atoms with Crippen molar-refractivity contribution >= 4 is 21.7 Å². The van der Waals surface area contributed by atoms with Crippen LogP contribution in [-0.2, 0) is 0 Å². The summed E-state index contributed by atoms with van der Waals surface area (Å²) in [4.78, 5) is 11.5. The topological polar surface area (TPSA) is 54.0 Å². The highest BCUT2D eigenvalue weighted by molar-refractivity contribution is 9.10. The van der Waals surface area contributed by atoms with Gasteiger partial charge in [-0.1, -0.05) is 0 Å². The van der Waals surface area contributed by atoms with Crippen molar-refractivity contribution < 1.29 is 9.21 Å². The number of carbonyl (C=O) groups is 1. The lowest BCUT2D eigenvalue weighted by atomic mass is 10.0. The van der Waals surface area contributed by atoms with Crippen molar-refractivity contribution in [2.45, 2.75) is 13.8 Å². The molecular formula is C9H8BrNO2. The van der Waals surface area contributed by atoms with Crippen molar-refractivity contribution in [1.82, 2.24) is 0 Å². The van der Waals surface area contributed by atoms with Crippen LogP contribution in [0.25, 0.3) is 0 Å². The Labute approximate surface area is 84.5 Å². The van der Waals surface area contributed by atoms with Gasteiger partial charge in [-0.3, -0.25) is 4.79 Å². The zero-order chi connectivity index (χ0) is 10.0. The first-order valence-corrected chi connectivity index (χ1v) is 4.55. The molecule has 1 rings (SSSR count). The Balaban J connectivity index is 3.03. The molecule has 0 spiro atoms. The van der Waals surface area contributed by atoms with E-state index in [4.69, 9.17) is 9.68 Å². The quantitative estimate of drug-likeness (QED) is 0.749. The zero-order valence-corrected chi connectivity index (χ0v) is 8.88. The Morgan fingerprint density at radius 3 is 2.77 bits per heavy atom. The SMILES string of the molecule is Cc1oc(Br)cc1C(=O)C(C)C#N. The van der Waals surface area contributed by atoms with Crippen LogP contribution < -0.4 is 0 Å². The van der Waals surface area contributed by atoms with Gasteiger partial charge in [0.05, 0.1) is 11.6 Å². The molecule has 1 aromatic heterocycles. The Kier molecular flexibility index (Phi) is 2.89. The molecule has 0 aliphatic carbocycles. The molecule has 0 aromatic carbocycles. The van der Waals surface area contributed by atoms with Crippen molar-refractivity contribution in [1.29, 1.82) is 5.26 Å². The number of halogens is 1. The van der Waals surface area contributed by atoms with Gasteiger partial charge in [0, 0.05) is 6.07 Å². The lowest BCUT2D eigenvalue weighted by molar-refractivity contribution is 0.0955. The van der Waals surface area contributed by atoms with E-state index in [1.54, 1.807) is 19.9 Å². The Morgan fingerprint density at radius 2 is 2.38 bits per heavy atom. The second-order valence-corrected chi connectivity index (χ2v) is 3.52. The molecule has 68 valence electrons. The molecule has 1 heterocycles. The highest BCUT2D eigenvalue weighted by Gasteiger charge is 2.19. The third-order valence-electron chi connectivity index (χ3n) is 1.74. The van der Waals surface area contributed by atoms with Crippen molar-refractivity contribution in [2.24, 2.45) is 5.92 Å². The average molecular weight is 242 g/mol. The normalized spacial score (nSPS) is 12.2. The lowest BCUT2D eigenvalue weighted by Gasteiger charge is -1.98. The highest BCUT2D eigenvalue weighted by atomic mass is 79.9. The standard InChI is InChI=1S/C9H8BrNO2/c1-5(4-11)9(12)7-3-8(10)13-6(7)2/h3,5H,1-2H3. The average Bonchev–Trinajstić information content (AvgIpc) is 2.42. The van der Waals surface area contributed by atoms with Crippen molar-refractivity contribution in [2.75, 3.05) is 0 Å². The van der Waals surface area contributed by atoms with Crippen molar-refractivity contribution in [3.05, 3.63) is 22.1 Å². The summed E-state index contributed by atoms with van der Waals surface area (Å²) in [6, 6.07) is 3.48. The van der Waals surface area contributed by atoms with Crippen LogP contribution >= 0.6 is 15.9 Å². The van der Waals surface area contributed by atoms with E-state index in [1.807, 2.05) is 6.07 Å².